The van der Waals surface area contributed by atoms with Gasteiger partial charge in [0, 0.05) is 29.7 Å². The Morgan fingerprint density at radius 1 is 1.18 bits per heavy atom. The molecule has 0 bridgehead atoms. The van der Waals surface area contributed by atoms with Gasteiger partial charge in [0.1, 0.15) is 0 Å². The lowest BCUT2D eigenvalue weighted by Gasteiger charge is -2.15. The van der Waals surface area contributed by atoms with Crippen molar-refractivity contribution >= 4 is 27.6 Å². The van der Waals surface area contributed by atoms with Crippen LogP contribution >= 0.6 is 0 Å². The number of sulfonamides is 1. The molecule has 0 spiro atoms. The lowest BCUT2D eigenvalue weighted by molar-refractivity contribution is -0.141. The van der Waals surface area contributed by atoms with E-state index in [2.05, 4.69) is 25.1 Å². The predicted molar refractivity (Wildman–Crippen MR) is 116 cm³/mol. The molecule has 0 radical (unpaired) electrons. The summed E-state index contributed by atoms with van der Waals surface area (Å²) in [6.07, 6.45) is -0.172. The molecule has 2 N–H and O–H groups in total. The molecule has 2 heterocycles. The Balaban J connectivity index is 1.41. The normalized spacial score (nSPS) is 15.1. The van der Waals surface area contributed by atoms with Gasteiger partial charge in [-0.15, -0.1) is 0 Å². The zero-order valence-electron chi connectivity index (χ0n) is 18.0. The number of benzene rings is 1. The van der Waals surface area contributed by atoms with Crippen LogP contribution in [0.5, 0.6) is 0 Å². The molecule has 2 aromatic heterocycles. The molecule has 4 rings (SSSR count). The van der Waals surface area contributed by atoms with Gasteiger partial charge in [-0.05, 0) is 49.2 Å². The van der Waals surface area contributed by atoms with Gasteiger partial charge in [-0.25, -0.2) is 23.1 Å². The van der Waals surface area contributed by atoms with Crippen molar-refractivity contribution in [3.63, 3.8) is 0 Å². The van der Waals surface area contributed by atoms with Crippen molar-refractivity contribution in [1.29, 1.82) is 0 Å². The first-order valence-corrected chi connectivity index (χ1v) is 11.9. The number of amides is 1. The highest BCUT2D eigenvalue weighted by Crippen LogP contribution is 2.42. The second-order valence-corrected chi connectivity index (χ2v) is 9.68. The van der Waals surface area contributed by atoms with Gasteiger partial charge in [-0.2, -0.15) is 18.3 Å². The van der Waals surface area contributed by atoms with Gasteiger partial charge in [-0.1, -0.05) is 6.92 Å². The SMILES string of the molecule is CC(Cn1nc(C(F)(F)F)cc1C1CC1)C(=O)Nc1ccc(S(=O)(=O)Nc2ncccn2)cc1. The zero-order valence-corrected chi connectivity index (χ0v) is 18.8. The van der Waals surface area contributed by atoms with Gasteiger partial charge in [0.2, 0.25) is 11.9 Å². The number of rotatable bonds is 8. The van der Waals surface area contributed by atoms with Crippen LogP contribution in [0.15, 0.2) is 53.7 Å². The topological polar surface area (TPSA) is 119 Å². The summed E-state index contributed by atoms with van der Waals surface area (Å²) in [5.41, 5.74) is -0.143. The van der Waals surface area contributed by atoms with Crippen molar-refractivity contribution in [2.75, 3.05) is 10.0 Å². The number of hydrogen-bond donors (Lipinski definition) is 2. The Morgan fingerprint density at radius 2 is 1.82 bits per heavy atom. The monoisotopic (exact) mass is 494 g/mol. The maximum absolute atomic E-state index is 13.1. The third-order valence-electron chi connectivity index (χ3n) is 5.22. The van der Waals surface area contributed by atoms with Crippen LogP contribution in [0.2, 0.25) is 0 Å². The summed E-state index contributed by atoms with van der Waals surface area (Å²) in [5, 5.41) is 6.32. The van der Waals surface area contributed by atoms with Crippen molar-refractivity contribution < 1.29 is 26.4 Å². The lowest BCUT2D eigenvalue weighted by Crippen LogP contribution is -2.25. The van der Waals surface area contributed by atoms with Crippen molar-refractivity contribution in [3.8, 4) is 0 Å². The van der Waals surface area contributed by atoms with E-state index in [1.54, 1.807) is 13.0 Å². The van der Waals surface area contributed by atoms with E-state index in [4.69, 9.17) is 0 Å². The number of nitrogens with one attached hydrogen (secondary N) is 2. The van der Waals surface area contributed by atoms with E-state index in [-0.39, 0.29) is 23.3 Å². The molecule has 1 fully saturated rings. The minimum Gasteiger partial charge on any atom is -0.326 e. The third-order valence-corrected chi connectivity index (χ3v) is 6.56. The van der Waals surface area contributed by atoms with E-state index in [0.717, 1.165) is 18.9 Å². The lowest BCUT2D eigenvalue weighted by atomic mass is 10.1. The van der Waals surface area contributed by atoms with Crippen molar-refractivity contribution in [3.05, 3.63) is 60.2 Å². The van der Waals surface area contributed by atoms with Gasteiger partial charge in [0.05, 0.1) is 17.4 Å². The zero-order chi connectivity index (χ0) is 24.5. The molecule has 180 valence electrons. The summed E-state index contributed by atoms with van der Waals surface area (Å²) in [6, 6.07) is 8.03. The van der Waals surface area contributed by atoms with E-state index >= 15 is 0 Å². The van der Waals surface area contributed by atoms with Crippen LogP contribution < -0.4 is 10.0 Å². The van der Waals surface area contributed by atoms with Crippen LogP contribution in [0.25, 0.3) is 0 Å². The predicted octanol–water partition coefficient (Wildman–Crippen LogP) is 3.64. The average molecular weight is 494 g/mol. The Kier molecular flexibility index (Phi) is 6.30. The maximum atomic E-state index is 13.1. The largest absolute Gasteiger partial charge is 0.435 e. The molecule has 1 aliphatic carbocycles. The Labute approximate surface area is 193 Å². The number of hydrogen-bond acceptors (Lipinski definition) is 6. The van der Waals surface area contributed by atoms with Crippen LogP contribution in [0.1, 0.15) is 37.1 Å². The molecule has 1 aromatic carbocycles. The van der Waals surface area contributed by atoms with E-state index in [0.29, 0.717) is 11.4 Å². The van der Waals surface area contributed by atoms with Crippen LogP contribution in [-0.4, -0.2) is 34.1 Å². The van der Waals surface area contributed by atoms with E-state index in [1.807, 2.05) is 0 Å². The molecule has 3 aromatic rings. The van der Waals surface area contributed by atoms with Crippen molar-refractivity contribution in [2.24, 2.45) is 5.92 Å². The number of halogens is 3. The molecule has 0 saturated heterocycles. The minimum absolute atomic E-state index is 0.0127. The first kappa shape index (κ1) is 23.7. The second-order valence-electron chi connectivity index (χ2n) is 8.00. The van der Waals surface area contributed by atoms with E-state index in [1.165, 1.54) is 41.3 Å². The fourth-order valence-corrected chi connectivity index (χ4v) is 4.24. The van der Waals surface area contributed by atoms with Crippen molar-refractivity contribution in [2.45, 2.75) is 43.3 Å². The molecule has 1 unspecified atom stereocenters. The highest BCUT2D eigenvalue weighted by molar-refractivity contribution is 7.92. The summed E-state index contributed by atoms with van der Waals surface area (Å²) in [5.74, 6) is -1.16. The van der Waals surface area contributed by atoms with E-state index < -0.39 is 33.7 Å². The molecule has 1 atom stereocenters. The average Bonchev–Trinajstić information content (AvgIpc) is 3.53. The molecule has 0 aliphatic heterocycles. The fourth-order valence-electron chi connectivity index (χ4n) is 3.28. The van der Waals surface area contributed by atoms with E-state index in [9.17, 15) is 26.4 Å². The molecule has 9 nitrogen and oxygen atoms in total. The number of nitrogens with zero attached hydrogens (tertiary/aromatic N) is 4. The van der Waals surface area contributed by atoms with Crippen LogP contribution in [0, 0.1) is 5.92 Å². The maximum Gasteiger partial charge on any atom is 0.435 e. The molecule has 13 heteroatoms. The molecular weight excluding hydrogens is 473 g/mol. The number of alkyl halides is 3. The molecular formula is C21H21F3N6O3S. The summed E-state index contributed by atoms with van der Waals surface area (Å²) in [4.78, 5) is 20.2. The fraction of sp³-hybridized carbons (Fsp3) is 0.333. The highest BCUT2D eigenvalue weighted by Gasteiger charge is 2.38. The second kappa shape index (κ2) is 9.05. The summed E-state index contributed by atoms with van der Waals surface area (Å²) in [7, 11) is -3.92. The quantitative estimate of drug-likeness (QED) is 0.494. The molecule has 1 amide bonds. The number of aromatic nitrogens is 4. The smallest absolute Gasteiger partial charge is 0.326 e. The molecule has 34 heavy (non-hydrogen) atoms. The Hall–Kier alpha value is -3.48. The third kappa shape index (κ3) is 5.53. The van der Waals surface area contributed by atoms with Gasteiger partial charge in [0.25, 0.3) is 10.0 Å². The van der Waals surface area contributed by atoms with Gasteiger partial charge in [-0.3, -0.25) is 9.48 Å². The highest BCUT2D eigenvalue weighted by atomic mass is 32.2. The minimum atomic E-state index is -4.55. The van der Waals surface area contributed by atoms with Gasteiger partial charge < -0.3 is 5.32 Å². The van der Waals surface area contributed by atoms with Crippen LogP contribution in [0.4, 0.5) is 24.8 Å². The summed E-state index contributed by atoms with van der Waals surface area (Å²) >= 11 is 0. The van der Waals surface area contributed by atoms with Crippen LogP contribution in [0.3, 0.4) is 0 Å². The summed E-state index contributed by atoms with van der Waals surface area (Å²) < 4.78 is 67.6. The Morgan fingerprint density at radius 3 is 2.41 bits per heavy atom. The standard InChI is InChI=1S/C21H21F3N6O3S/c1-13(12-30-17(14-3-4-14)11-18(28-30)21(22,23)24)19(31)27-15-5-7-16(8-6-15)34(32,33)29-20-25-9-2-10-26-20/h2,5-11,13-14H,3-4,12H2,1H3,(H,27,31)(H,25,26,29). The van der Waals surface area contributed by atoms with Crippen LogP contribution in [-0.2, 0) is 27.5 Å². The molecule has 1 aliphatic rings. The molecule has 1 saturated carbocycles. The number of carbonyl (C=O) groups is 1. The summed E-state index contributed by atoms with van der Waals surface area (Å²) in [6.45, 7) is 1.57. The number of carbonyl (C=O) groups excluding carboxylic acids is 1. The first-order valence-electron chi connectivity index (χ1n) is 10.4. The Bertz CT molecular complexity index is 1270. The number of anilines is 2. The first-order chi connectivity index (χ1) is 16.0. The van der Waals surface area contributed by atoms with Gasteiger partial charge in [0.15, 0.2) is 5.69 Å². The van der Waals surface area contributed by atoms with Crippen molar-refractivity contribution in [1.82, 2.24) is 19.7 Å². The van der Waals surface area contributed by atoms with Gasteiger partial charge >= 0.3 is 6.18 Å².